The molecule has 1 aromatic carbocycles. The third-order valence-electron chi connectivity index (χ3n) is 5.71. The Morgan fingerprint density at radius 2 is 1.96 bits per heavy atom. The van der Waals surface area contributed by atoms with Gasteiger partial charge < -0.3 is 24.6 Å². The Balaban J connectivity index is 1.45. The first kappa shape index (κ1) is 17.0. The Bertz CT molecular complexity index is 1030. The van der Waals surface area contributed by atoms with E-state index >= 15 is 0 Å². The molecule has 0 radical (unpaired) electrons. The van der Waals surface area contributed by atoms with Crippen molar-refractivity contribution in [3.05, 3.63) is 63.6 Å². The predicted molar refractivity (Wildman–Crippen MR) is 97.8 cm³/mol. The number of aromatic hydroxyl groups is 1. The van der Waals surface area contributed by atoms with E-state index in [9.17, 15) is 19.5 Å². The molecule has 2 amide bonds. The summed E-state index contributed by atoms with van der Waals surface area (Å²) in [5.41, 5.74) is -0.221. The molecule has 1 aromatic heterocycles. The highest BCUT2D eigenvalue weighted by molar-refractivity contribution is 5.99. The molecule has 1 unspecified atom stereocenters. The molecule has 6 rings (SSSR count). The highest BCUT2D eigenvalue weighted by Gasteiger charge is 2.50. The molecule has 1 saturated carbocycles. The fourth-order valence-electron chi connectivity index (χ4n) is 4.17. The van der Waals surface area contributed by atoms with Gasteiger partial charge in [-0.25, -0.2) is 0 Å². The molecule has 3 fully saturated rings. The number of nitrogens with one attached hydrogen (secondary N) is 1. The molecule has 3 aliphatic heterocycles. The van der Waals surface area contributed by atoms with Crippen LogP contribution in [-0.2, 0) is 17.8 Å². The van der Waals surface area contributed by atoms with Crippen molar-refractivity contribution in [2.75, 3.05) is 0 Å². The quantitative estimate of drug-likeness (QED) is 0.820. The smallest absolute Gasteiger partial charge is 0.276 e. The lowest BCUT2D eigenvalue weighted by molar-refractivity contribution is -0.211. The average molecular weight is 381 g/mol. The van der Waals surface area contributed by atoms with E-state index in [-0.39, 0.29) is 36.5 Å². The number of benzene rings is 1. The highest BCUT2D eigenvalue weighted by atomic mass is 16.5. The molecule has 144 valence electrons. The second-order valence-corrected chi connectivity index (χ2v) is 7.44. The number of fused-ring (bicyclic) bond motifs is 1. The summed E-state index contributed by atoms with van der Waals surface area (Å²) in [6, 6.07) is 9.39. The summed E-state index contributed by atoms with van der Waals surface area (Å²) in [6.45, 7) is 0.532. The van der Waals surface area contributed by atoms with Crippen LogP contribution in [0.5, 0.6) is 5.75 Å². The van der Waals surface area contributed by atoms with Crippen molar-refractivity contribution in [1.82, 2.24) is 14.8 Å². The molecule has 2 aromatic rings. The van der Waals surface area contributed by atoms with Gasteiger partial charge in [0.25, 0.3) is 11.8 Å². The Morgan fingerprint density at radius 3 is 2.71 bits per heavy atom. The molecule has 28 heavy (non-hydrogen) atoms. The van der Waals surface area contributed by atoms with Crippen molar-refractivity contribution in [2.24, 2.45) is 0 Å². The molecule has 2 bridgehead atoms. The lowest BCUT2D eigenvalue weighted by atomic mass is 9.84. The Labute approximate surface area is 160 Å². The van der Waals surface area contributed by atoms with E-state index in [1.165, 1.54) is 10.8 Å². The van der Waals surface area contributed by atoms with Crippen molar-refractivity contribution in [2.45, 2.75) is 44.3 Å². The van der Waals surface area contributed by atoms with Crippen LogP contribution in [0, 0.1) is 0 Å². The van der Waals surface area contributed by atoms with E-state index < -0.39 is 29.2 Å². The molecule has 1 aliphatic carbocycles. The van der Waals surface area contributed by atoms with Crippen LogP contribution < -0.4 is 10.7 Å². The second kappa shape index (κ2) is 6.20. The first-order valence-corrected chi connectivity index (χ1v) is 9.29. The minimum Gasteiger partial charge on any atom is -0.503 e. The lowest BCUT2D eigenvalue weighted by Gasteiger charge is -2.55. The Kier molecular flexibility index (Phi) is 3.77. The van der Waals surface area contributed by atoms with Gasteiger partial charge in [0, 0.05) is 18.8 Å². The maximum Gasteiger partial charge on any atom is 0.276 e. The molecule has 8 nitrogen and oxygen atoms in total. The minimum absolute atomic E-state index is 0.0743. The second-order valence-electron chi connectivity index (χ2n) is 7.44. The molecule has 1 atom stereocenters. The maximum absolute atomic E-state index is 12.9. The summed E-state index contributed by atoms with van der Waals surface area (Å²) >= 11 is 0. The zero-order chi connectivity index (χ0) is 19.4. The van der Waals surface area contributed by atoms with E-state index in [0.717, 1.165) is 18.4 Å². The largest absolute Gasteiger partial charge is 0.503 e. The first-order chi connectivity index (χ1) is 13.5. The van der Waals surface area contributed by atoms with Crippen LogP contribution in [0.1, 0.15) is 39.3 Å². The van der Waals surface area contributed by atoms with E-state index in [2.05, 4.69) is 5.32 Å². The number of carbonyl (C=O) groups excluding carboxylic acids is 2. The number of aromatic nitrogens is 1. The van der Waals surface area contributed by atoms with Gasteiger partial charge in [-0.2, -0.15) is 0 Å². The van der Waals surface area contributed by atoms with Gasteiger partial charge in [-0.1, -0.05) is 30.3 Å². The van der Waals surface area contributed by atoms with E-state index in [1.807, 2.05) is 30.3 Å². The van der Waals surface area contributed by atoms with Gasteiger partial charge in [-0.3, -0.25) is 14.4 Å². The number of hydrogen-bond acceptors (Lipinski definition) is 5. The Hall–Kier alpha value is -3.13. The molecule has 2 saturated heterocycles. The van der Waals surface area contributed by atoms with Crippen molar-refractivity contribution < 1.29 is 19.4 Å². The average Bonchev–Trinajstić information content (AvgIpc) is 2.68. The van der Waals surface area contributed by atoms with Crippen LogP contribution in [-0.4, -0.2) is 44.8 Å². The molecule has 8 heteroatoms. The molecule has 4 aliphatic rings. The van der Waals surface area contributed by atoms with Crippen LogP contribution in [0.15, 0.2) is 41.3 Å². The molecular formula is C20H19N3O5. The monoisotopic (exact) mass is 381 g/mol. The predicted octanol–water partition coefficient (Wildman–Crippen LogP) is 0.827. The number of ether oxygens (including phenoxy) is 1. The molecule has 2 N–H and O–H groups in total. The number of nitrogens with zero attached hydrogens (tertiary/aromatic N) is 2. The standard InChI is InChI=1S/C20H19N3O5/c24-17-14(19(26)21-8-11-4-2-1-3-5-11)9-22-10-15-23(12-6-13(7-12)28-15)20(27)16(22)18(17)25/h1-5,9,12-13,15,25H,6-8,10H2,(H,21,26). The first-order valence-electron chi connectivity index (χ1n) is 9.29. The fraction of sp³-hybridized carbons (Fsp3) is 0.350. The van der Waals surface area contributed by atoms with E-state index in [4.69, 9.17) is 4.74 Å². The van der Waals surface area contributed by atoms with Crippen LogP contribution in [0.25, 0.3) is 0 Å². The normalized spacial score (nSPS) is 24.8. The van der Waals surface area contributed by atoms with Gasteiger partial charge in [0.15, 0.2) is 17.7 Å². The molecule has 0 spiro atoms. The van der Waals surface area contributed by atoms with Crippen molar-refractivity contribution in [3.8, 4) is 5.75 Å². The van der Waals surface area contributed by atoms with Gasteiger partial charge in [-0.05, 0) is 18.4 Å². The summed E-state index contributed by atoms with van der Waals surface area (Å²) in [5, 5.41) is 13.1. The fourth-order valence-corrected chi connectivity index (χ4v) is 4.17. The number of amides is 2. The number of carbonyl (C=O) groups is 2. The summed E-state index contributed by atoms with van der Waals surface area (Å²) in [4.78, 5) is 39.6. The van der Waals surface area contributed by atoms with Gasteiger partial charge in [-0.15, -0.1) is 0 Å². The zero-order valence-electron chi connectivity index (χ0n) is 15.0. The zero-order valence-corrected chi connectivity index (χ0v) is 15.0. The summed E-state index contributed by atoms with van der Waals surface area (Å²) < 4.78 is 7.34. The maximum atomic E-state index is 12.9. The van der Waals surface area contributed by atoms with Crippen molar-refractivity contribution in [1.29, 1.82) is 0 Å². The van der Waals surface area contributed by atoms with Crippen LogP contribution in [0.4, 0.5) is 0 Å². The van der Waals surface area contributed by atoms with Crippen LogP contribution in [0.3, 0.4) is 0 Å². The highest BCUT2D eigenvalue weighted by Crippen LogP contribution is 2.40. The summed E-state index contributed by atoms with van der Waals surface area (Å²) in [6.07, 6.45) is 2.64. The van der Waals surface area contributed by atoms with Gasteiger partial charge >= 0.3 is 0 Å². The van der Waals surface area contributed by atoms with Gasteiger partial charge in [0.05, 0.1) is 12.6 Å². The topological polar surface area (TPSA) is 101 Å². The van der Waals surface area contributed by atoms with E-state index in [1.54, 1.807) is 4.90 Å². The number of rotatable bonds is 3. The van der Waals surface area contributed by atoms with Crippen molar-refractivity contribution >= 4 is 11.8 Å². The minimum atomic E-state index is -0.840. The lowest BCUT2D eigenvalue weighted by Crippen LogP contribution is -2.65. The Morgan fingerprint density at radius 1 is 1.21 bits per heavy atom. The molecular weight excluding hydrogens is 362 g/mol. The third-order valence-corrected chi connectivity index (χ3v) is 5.71. The van der Waals surface area contributed by atoms with Gasteiger partial charge in [0.1, 0.15) is 5.56 Å². The van der Waals surface area contributed by atoms with E-state index in [0.29, 0.717) is 0 Å². The third kappa shape index (κ3) is 2.52. The number of hydrogen-bond donors (Lipinski definition) is 2. The van der Waals surface area contributed by atoms with Crippen LogP contribution in [0.2, 0.25) is 0 Å². The van der Waals surface area contributed by atoms with Crippen LogP contribution >= 0.6 is 0 Å². The SMILES string of the molecule is O=C(NCc1ccccc1)c1cn2c(c(O)c1=O)C(=O)N1C3CC(C3)OC1C2. The number of pyridine rings is 1. The molecule has 4 heterocycles. The summed E-state index contributed by atoms with van der Waals surface area (Å²) in [5.74, 6) is -1.70. The van der Waals surface area contributed by atoms with Crippen molar-refractivity contribution in [3.63, 3.8) is 0 Å². The van der Waals surface area contributed by atoms with Gasteiger partial charge in [0.2, 0.25) is 5.43 Å². The summed E-state index contributed by atoms with van der Waals surface area (Å²) in [7, 11) is 0.